The molecule has 0 aliphatic heterocycles. The topological polar surface area (TPSA) is 125 Å². The number of hydrogen-bond donors (Lipinski definition) is 4. The Bertz CT molecular complexity index is 1190. The van der Waals surface area contributed by atoms with Gasteiger partial charge in [-0.05, 0) is 74.6 Å². The molecule has 0 unspecified atom stereocenters. The molecule has 3 rings (SSSR count). The monoisotopic (exact) mass is 531 g/mol. The Hall–Kier alpha value is -3.19. The third kappa shape index (κ3) is 6.52. The summed E-state index contributed by atoms with van der Waals surface area (Å²) in [6, 6.07) is 7.28. The van der Waals surface area contributed by atoms with Gasteiger partial charge in [0.05, 0.1) is 16.5 Å². The van der Waals surface area contributed by atoms with Crippen LogP contribution in [0.25, 0.3) is 0 Å². The van der Waals surface area contributed by atoms with Crippen molar-refractivity contribution >= 4 is 22.0 Å². The van der Waals surface area contributed by atoms with Crippen molar-refractivity contribution in [2.75, 3.05) is 0 Å². The van der Waals surface area contributed by atoms with Crippen molar-refractivity contribution in [1.29, 1.82) is 0 Å². The van der Waals surface area contributed by atoms with Crippen molar-refractivity contribution in [3.63, 3.8) is 0 Å². The zero-order valence-corrected chi connectivity index (χ0v) is 19.9. The van der Waals surface area contributed by atoms with E-state index in [1.54, 1.807) is 6.92 Å². The summed E-state index contributed by atoms with van der Waals surface area (Å²) in [5.41, 5.74) is -1.89. The largest absolute Gasteiger partial charge is 0.465 e. The van der Waals surface area contributed by atoms with E-state index in [0.29, 0.717) is 17.7 Å². The van der Waals surface area contributed by atoms with E-state index in [9.17, 15) is 40.7 Å². The smallest absolute Gasteiger partial charge is 0.416 e. The number of alkyl halides is 3. The van der Waals surface area contributed by atoms with Gasteiger partial charge in [0.2, 0.25) is 15.9 Å². The Balaban J connectivity index is 1.68. The summed E-state index contributed by atoms with van der Waals surface area (Å²) in [6.07, 6.45) is -5.89. The van der Waals surface area contributed by atoms with Gasteiger partial charge in [0, 0.05) is 6.04 Å². The van der Waals surface area contributed by atoms with Crippen molar-refractivity contribution in [3.8, 4) is 0 Å². The molecule has 8 nitrogen and oxygen atoms in total. The lowest BCUT2D eigenvalue weighted by Gasteiger charge is -2.39. The molecular weight excluding hydrogens is 506 g/mol. The molecule has 0 spiro atoms. The highest BCUT2D eigenvalue weighted by Gasteiger charge is 2.44. The predicted octanol–water partition coefficient (Wildman–Crippen LogP) is 3.95. The van der Waals surface area contributed by atoms with Gasteiger partial charge in [-0.1, -0.05) is 12.1 Å². The van der Waals surface area contributed by atoms with E-state index < -0.39 is 57.2 Å². The molecule has 1 aliphatic rings. The van der Waals surface area contributed by atoms with Crippen LogP contribution in [0, 0.1) is 5.82 Å². The van der Waals surface area contributed by atoms with E-state index in [1.807, 2.05) is 0 Å². The minimum absolute atomic E-state index is 0.0263. The van der Waals surface area contributed by atoms with E-state index in [-0.39, 0.29) is 30.6 Å². The first-order chi connectivity index (χ1) is 16.7. The first-order valence-corrected chi connectivity index (χ1v) is 12.5. The molecule has 36 heavy (non-hydrogen) atoms. The van der Waals surface area contributed by atoms with Gasteiger partial charge in [-0.25, -0.2) is 22.3 Å². The van der Waals surface area contributed by atoms with Gasteiger partial charge in [-0.15, -0.1) is 0 Å². The minimum atomic E-state index is -4.60. The second kappa shape index (κ2) is 10.4. The van der Waals surface area contributed by atoms with Crippen molar-refractivity contribution in [2.45, 2.75) is 61.3 Å². The van der Waals surface area contributed by atoms with Gasteiger partial charge in [-0.3, -0.25) is 4.79 Å². The first-order valence-electron chi connectivity index (χ1n) is 11.0. The van der Waals surface area contributed by atoms with Crippen molar-refractivity contribution in [3.05, 3.63) is 65.5 Å². The zero-order valence-electron chi connectivity index (χ0n) is 19.1. The maximum atomic E-state index is 13.2. The lowest BCUT2D eigenvalue weighted by molar-refractivity contribution is -0.137. The van der Waals surface area contributed by atoms with Crippen LogP contribution in [0.15, 0.2) is 53.4 Å². The van der Waals surface area contributed by atoms with Gasteiger partial charge in [-0.2, -0.15) is 13.2 Å². The molecule has 13 heteroatoms. The number of nitrogens with one attached hydrogen (secondary N) is 3. The molecule has 4 N–H and O–H groups in total. The molecule has 0 bridgehead atoms. The zero-order chi connectivity index (χ0) is 26.7. The third-order valence-electron chi connectivity index (χ3n) is 6.15. The molecule has 1 fully saturated rings. The van der Waals surface area contributed by atoms with Crippen LogP contribution in [0.4, 0.5) is 22.4 Å². The Labute approximate surface area is 205 Å². The second-order valence-electron chi connectivity index (χ2n) is 8.68. The maximum Gasteiger partial charge on any atom is 0.416 e. The molecule has 0 saturated heterocycles. The van der Waals surface area contributed by atoms with E-state index in [4.69, 9.17) is 0 Å². The van der Waals surface area contributed by atoms with Crippen LogP contribution in [0.5, 0.6) is 0 Å². The van der Waals surface area contributed by atoms with Gasteiger partial charge in [0.1, 0.15) is 11.4 Å². The molecule has 1 aliphatic carbocycles. The summed E-state index contributed by atoms with van der Waals surface area (Å²) in [7, 11) is -4.15. The fraction of sp³-hybridized carbons (Fsp3) is 0.391. The number of sulfonamides is 1. The SMILES string of the molecule is C[C@@H](NC(=O)[C@]1(NC(=O)O)CC[C@H](NS(=O)(=O)c2ccc(C(F)(F)F)cc2)CC1)c1ccc(F)cc1. The molecule has 1 saturated carbocycles. The average molecular weight is 532 g/mol. The summed E-state index contributed by atoms with van der Waals surface area (Å²) in [4.78, 5) is 24.2. The van der Waals surface area contributed by atoms with E-state index >= 15 is 0 Å². The molecule has 1 atom stereocenters. The van der Waals surface area contributed by atoms with Gasteiger partial charge in [0.15, 0.2) is 0 Å². The summed E-state index contributed by atoms with van der Waals surface area (Å²) in [5, 5.41) is 14.3. The minimum Gasteiger partial charge on any atom is -0.465 e. The van der Waals surface area contributed by atoms with Crippen LogP contribution >= 0.6 is 0 Å². The summed E-state index contributed by atoms with van der Waals surface area (Å²) in [5.74, 6) is -1.05. The standard InChI is InChI=1S/C23H25F4N3O5S/c1-14(15-2-6-17(24)7-3-15)28-20(31)22(29-21(32)33)12-10-18(11-13-22)30-36(34,35)19-8-4-16(5-9-19)23(25,26)27/h2-9,14,18,29-30H,10-13H2,1H3,(H,28,31)(H,32,33)/t14-,18-,22-/m1/s1. The summed E-state index contributed by atoms with van der Waals surface area (Å²) in [6.45, 7) is 1.66. The van der Waals surface area contributed by atoms with E-state index in [2.05, 4.69) is 15.4 Å². The number of carbonyl (C=O) groups excluding carboxylic acids is 1. The van der Waals surface area contributed by atoms with Gasteiger partial charge < -0.3 is 15.7 Å². The number of rotatable bonds is 7. The van der Waals surface area contributed by atoms with Gasteiger partial charge >= 0.3 is 12.3 Å². The number of halogens is 4. The third-order valence-corrected chi connectivity index (χ3v) is 7.69. The Morgan fingerprint density at radius 3 is 2.08 bits per heavy atom. The molecule has 196 valence electrons. The van der Waals surface area contributed by atoms with Crippen molar-refractivity contribution in [2.24, 2.45) is 0 Å². The fourth-order valence-corrected chi connectivity index (χ4v) is 5.43. The fourth-order valence-electron chi connectivity index (χ4n) is 4.12. The highest BCUT2D eigenvalue weighted by atomic mass is 32.2. The highest BCUT2D eigenvalue weighted by molar-refractivity contribution is 7.89. The van der Waals surface area contributed by atoms with E-state index in [1.165, 1.54) is 24.3 Å². The summed E-state index contributed by atoms with van der Waals surface area (Å²) < 4.78 is 79.1. The van der Waals surface area contributed by atoms with Crippen LogP contribution in [-0.4, -0.2) is 37.1 Å². The normalized spacial score (nSPS) is 21.4. The van der Waals surface area contributed by atoms with Crippen LogP contribution in [0.2, 0.25) is 0 Å². The molecular formula is C23H25F4N3O5S. The number of benzene rings is 2. The van der Waals surface area contributed by atoms with Crippen LogP contribution in [0.3, 0.4) is 0 Å². The quantitative estimate of drug-likeness (QED) is 0.403. The molecule has 0 heterocycles. The number of carbonyl (C=O) groups is 2. The van der Waals surface area contributed by atoms with E-state index in [0.717, 1.165) is 12.1 Å². The molecule has 2 amide bonds. The van der Waals surface area contributed by atoms with Crippen LogP contribution in [0.1, 0.15) is 49.8 Å². The van der Waals surface area contributed by atoms with Crippen molar-refractivity contribution in [1.82, 2.24) is 15.4 Å². The number of amides is 2. The molecule has 0 radical (unpaired) electrons. The molecule has 0 aromatic heterocycles. The van der Waals surface area contributed by atoms with Crippen molar-refractivity contribution < 1.29 is 40.7 Å². The Kier molecular flexibility index (Phi) is 7.94. The number of hydrogen-bond acceptors (Lipinski definition) is 4. The highest BCUT2D eigenvalue weighted by Crippen LogP contribution is 2.32. The second-order valence-corrected chi connectivity index (χ2v) is 10.4. The molecule has 2 aromatic carbocycles. The first kappa shape index (κ1) is 27.4. The van der Waals surface area contributed by atoms with Gasteiger partial charge in [0.25, 0.3) is 0 Å². The molecule has 2 aromatic rings. The predicted molar refractivity (Wildman–Crippen MR) is 121 cm³/mol. The summed E-state index contributed by atoms with van der Waals surface area (Å²) >= 11 is 0. The lowest BCUT2D eigenvalue weighted by atomic mass is 9.78. The Morgan fingerprint density at radius 2 is 1.58 bits per heavy atom. The number of carboxylic acid groups (broad SMARTS) is 1. The van der Waals surface area contributed by atoms with Crippen LogP contribution in [-0.2, 0) is 21.0 Å². The lowest BCUT2D eigenvalue weighted by Crippen LogP contribution is -2.61. The van der Waals surface area contributed by atoms with Crippen LogP contribution < -0.4 is 15.4 Å². The Morgan fingerprint density at radius 1 is 1.03 bits per heavy atom. The maximum absolute atomic E-state index is 13.2. The average Bonchev–Trinajstić information content (AvgIpc) is 2.80.